The van der Waals surface area contributed by atoms with Gasteiger partial charge >= 0.3 is 0 Å². The molecule has 0 aliphatic carbocycles. The fraction of sp³-hybridized carbons (Fsp3) is 0.227. The van der Waals surface area contributed by atoms with E-state index < -0.39 is 0 Å². The molecule has 1 fully saturated rings. The van der Waals surface area contributed by atoms with Gasteiger partial charge in [0.25, 0.3) is 5.91 Å². The summed E-state index contributed by atoms with van der Waals surface area (Å²) in [7, 11) is 0. The largest absolute Gasteiger partial charge is 0.451 e. The van der Waals surface area contributed by atoms with Crippen molar-refractivity contribution < 1.29 is 9.21 Å². The minimum absolute atomic E-state index is 0.245. The SMILES string of the molecule is O=C(Nc1ccc(CN2CCCC2)cc1)c1ccc(-c2ccc(Br)cc2)o1. The fourth-order valence-corrected chi connectivity index (χ4v) is 3.58. The Morgan fingerprint density at radius 2 is 1.67 bits per heavy atom. The Morgan fingerprint density at radius 3 is 2.37 bits per heavy atom. The van der Waals surface area contributed by atoms with E-state index in [4.69, 9.17) is 4.42 Å². The molecule has 4 rings (SSSR count). The van der Waals surface area contributed by atoms with Crippen molar-refractivity contribution in [2.24, 2.45) is 0 Å². The Labute approximate surface area is 167 Å². The molecule has 0 spiro atoms. The molecule has 4 nitrogen and oxygen atoms in total. The van der Waals surface area contributed by atoms with Gasteiger partial charge in [0.15, 0.2) is 5.76 Å². The summed E-state index contributed by atoms with van der Waals surface area (Å²) in [5.41, 5.74) is 2.97. The zero-order chi connectivity index (χ0) is 18.6. The van der Waals surface area contributed by atoms with Gasteiger partial charge in [-0.1, -0.05) is 40.2 Å². The Morgan fingerprint density at radius 1 is 0.963 bits per heavy atom. The van der Waals surface area contributed by atoms with Crippen LogP contribution in [-0.4, -0.2) is 23.9 Å². The van der Waals surface area contributed by atoms with Crippen molar-refractivity contribution in [3.63, 3.8) is 0 Å². The summed E-state index contributed by atoms with van der Waals surface area (Å²) < 4.78 is 6.73. The van der Waals surface area contributed by atoms with Crippen LogP contribution in [0, 0.1) is 0 Å². The molecule has 1 amide bonds. The van der Waals surface area contributed by atoms with Crippen LogP contribution in [0.2, 0.25) is 0 Å². The summed E-state index contributed by atoms with van der Waals surface area (Å²) in [6, 6.07) is 19.3. The first-order valence-electron chi connectivity index (χ1n) is 9.16. The maximum Gasteiger partial charge on any atom is 0.291 e. The molecule has 2 heterocycles. The van der Waals surface area contributed by atoms with Gasteiger partial charge < -0.3 is 9.73 Å². The molecule has 27 heavy (non-hydrogen) atoms. The van der Waals surface area contributed by atoms with Crippen molar-refractivity contribution >= 4 is 27.5 Å². The van der Waals surface area contributed by atoms with Gasteiger partial charge in [-0.2, -0.15) is 0 Å². The minimum atomic E-state index is -0.245. The number of hydrogen-bond acceptors (Lipinski definition) is 3. The van der Waals surface area contributed by atoms with E-state index in [1.165, 1.54) is 31.5 Å². The lowest BCUT2D eigenvalue weighted by Gasteiger charge is -2.14. The average molecular weight is 425 g/mol. The van der Waals surface area contributed by atoms with E-state index in [2.05, 4.69) is 38.3 Å². The van der Waals surface area contributed by atoms with Crippen LogP contribution in [0.25, 0.3) is 11.3 Å². The number of halogens is 1. The highest BCUT2D eigenvalue weighted by molar-refractivity contribution is 9.10. The van der Waals surface area contributed by atoms with E-state index in [0.717, 1.165) is 22.3 Å². The first-order valence-corrected chi connectivity index (χ1v) is 9.95. The van der Waals surface area contributed by atoms with Crippen molar-refractivity contribution in [1.29, 1.82) is 0 Å². The summed E-state index contributed by atoms with van der Waals surface area (Å²) >= 11 is 3.42. The number of rotatable bonds is 5. The Hall–Kier alpha value is -2.37. The fourth-order valence-electron chi connectivity index (χ4n) is 3.31. The molecule has 0 saturated carbocycles. The number of carbonyl (C=O) groups excluding carboxylic acids is 1. The molecule has 1 N–H and O–H groups in total. The predicted molar refractivity (Wildman–Crippen MR) is 111 cm³/mol. The van der Waals surface area contributed by atoms with Crippen LogP contribution in [0.4, 0.5) is 5.69 Å². The Balaban J connectivity index is 1.39. The molecule has 138 valence electrons. The summed E-state index contributed by atoms with van der Waals surface area (Å²) in [6.07, 6.45) is 2.58. The first-order chi connectivity index (χ1) is 13.2. The number of hydrogen-bond donors (Lipinski definition) is 1. The Kier molecular flexibility index (Phi) is 5.41. The number of carbonyl (C=O) groups is 1. The van der Waals surface area contributed by atoms with Gasteiger partial charge in [0.1, 0.15) is 5.76 Å². The third kappa shape index (κ3) is 4.49. The Bertz CT molecular complexity index is 910. The molecule has 0 atom stereocenters. The number of furan rings is 1. The average Bonchev–Trinajstić information content (AvgIpc) is 3.36. The van der Waals surface area contributed by atoms with Gasteiger partial charge in [0.2, 0.25) is 0 Å². The molecular weight excluding hydrogens is 404 g/mol. The zero-order valence-electron chi connectivity index (χ0n) is 15.0. The molecule has 1 aliphatic rings. The standard InChI is InChI=1S/C22H21BrN2O2/c23-18-7-5-17(6-8-18)20-11-12-21(27-20)22(26)24-19-9-3-16(4-10-19)15-25-13-1-2-14-25/h3-12H,1-2,13-15H2,(H,24,26). The highest BCUT2D eigenvalue weighted by Crippen LogP contribution is 2.24. The maximum absolute atomic E-state index is 12.5. The van der Waals surface area contributed by atoms with Gasteiger partial charge in [0, 0.05) is 22.3 Å². The molecule has 2 aromatic carbocycles. The molecule has 0 bridgehead atoms. The van der Waals surface area contributed by atoms with Crippen molar-refractivity contribution in [2.45, 2.75) is 19.4 Å². The summed E-state index contributed by atoms with van der Waals surface area (Å²) in [4.78, 5) is 14.9. The van der Waals surface area contributed by atoms with Crippen LogP contribution < -0.4 is 5.32 Å². The van der Waals surface area contributed by atoms with Gasteiger partial charge in [-0.15, -0.1) is 0 Å². The van der Waals surface area contributed by atoms with E-state index in [-0.39, 0.29) is 5.91 Å². The van der Waals surface area contributed by atoms with Crippen molar-refractivity contribution in [2.75, 3.05) is 18.4 Å². The third-order valence-electron chi connectivity index (χ3n) is 4.78. The summed E-state index contributed by atoms with van der Waals surface area (Å²) in [5.74, 6) is 0.730. The van der Waals surface area contributed by atoms with Crippen LogP contribution in [0.3, 0.4) is 0 Å². The van der Waals surface area contributed by atoms with Gasteiger partial charge in [-0.05, 0) is 67.9 Å². The number of anilines is 1. The molecule has 5 heteroatoms. The predicted octanol–water partition coefficient (Wildman–Crippen LogP) is 5.56. The summed E-state index contributed by atoms with van der Waals surface area (Å²) in [5, 5.41) is 2.90. The normalized spacial score (nSPS) is 14.4. The van der Waals surface area contributed by atoms with E-state index in [1.807, 2.05) is 42.5 Å². The molecule has 1 aliphatic heterocycles. The topological polar surface area (TPSA) is 45.5 Å². The van der Waals surface area contributed by atoms with E-state index in [1.54, 1.807) is 6.07 Å². The molecule has 1 aromatic heterocycles. The summed E-state index contributed by atoms with van der Waals surface area (Å²) in [6.45, 7) is 3.33. The van der Waals surface area contributed by atoms with Gasteiger partial charge in [0.05, 0.1) is 0 Å². The zero-order valence-corrected chi connectivity index (χ0v) is 16.5. The highest BCUT2D eigenvalue weighted by Gasteiger charge is 2.14. The second-order valence-electron chi connectivity index (χ2n) is 6.81. The number of amides is 1. The second-order valence-corrected chi connectivity index (χ2v) is 7.72. The molecule has 1 saturated heterocycles. The number of nitrogens with one attached hydrogen (secondary N) is 1. The van der Waals surface area contributed by atoms with Crippen molar-refractivity contribution in [1.82, 2.24) is 4.90 Å². The lowest BCUT2D eigenvalue weighted by molar-refractivity contribution is 0.0997. The molecular formula is C22H21BrN2O2. The van der Waals surface area contributed by atoms with Gasteiger partial charge in [-0.25, -0.2) is 0 Å². The van der Waals surface area contributed by atoms with Crippen LogP contribution in [0.5, 0.6) is 0 Å². The first kappa shape index (κ1) is 18.0. The van der Waals surface area contributed by atoms with E-state index in [0.29, 0.717) is 11.5 Å². The third-order valence-corrected chi connectivity index (χ3v) is 5.30. The molecule has 3 aromatic rings. The monoisotopic (exact) mass is 424 g/mol. The smallest absolute Gasteiger partial charge is 0.291 e. The lowest BCUT2D eigenvalue weighted by atomic mass is 10.2. The highest BCUT2D eigenvalue weighted by atomic mass is 79.9. The van der Waals surface area contributed by atoms with Crippen LogP contribution in [-0.2, 0) is 6.54 Å². The minimum Gasteiger partial charge on any atom is -0.451 e. The van der Waals surface area contributed by atoms with Crippen molar-refractivity contribution in [3.05, 3.63) is 76.5 Å². The lowest BCUT2D eigenvalue weighted by Crippen LogP contribution is -2.18. The number of benzene rings is 2. The molecule has 0 unspecified atom stereocenters. The second kappa shape index (κ2) is 8.11. The quantitative estimate of drug-likeness (QED) is 0.583. The van der Waals surface area contributed by atoms with Crippen molar-refractivity contribution in [3.8, 4) is 11.3 Å². The maximum atomic E-state index is 12.5. The number of likely N-dealkylation sites (tertiary alicyclic amines) is 1. The number of nitrogens with zero attached hydrogens (tertiary/aromatic N) is 1. The van der Waals surface area contributed by atoms with Gasteiger partial charge in [-0.3, -0.25) is 9.69 Å². The van der Waals surface area contributed by atoms with Crippen LogP contribution in [0.15, 0.2) is 69.6 Å². The van der Waals surface area contributed by atoms with E-state index >= 15 is 0 Å². The van der Waals surface area contributed by atoms with Crippen LogP contribution in [0.1, 0.15) is 29.0 Å². The van der Waals surface area contributed by atoms with Crippen LogP contribution >= 0.6 is 15.9 Å². The van der Waals surface area contributed by atoms with E-state index in [9.17, 15) is 4.79 Å². The molecule has 0 radical (unpaired) electrons.